The summed E-state index contributed by atoms with van der Waals surface area (Å²) in [5.74, 6) is 1.72. The third-order valence-electron chi connectivity index (χ3n) is 5.00. The van der Waals surface area contributed by atoms with Gasteiger partial charge >= 0.3 is 0 Å². The van der Waals surface area contributed by atoms with Crippen LogP contribution in [0.2, 0.25) is 0 Å². The van der Waals surface area contributed by atoms with Gasteiger partial charge < -0.3 is 9.26 Å². The molecule has 2 saturated heterocycles. The third-order valence-corrected chi connectivity index (χ3v) is 5.00. The Balaban J connectivity index is 1.45. The number of ether oxygens (including phenoxy) is 1. The van der Waals surface area contributed by atoms with E-state index >= 15 is 0 Å². The molecule has 1 aromatic heterocycles. The number of rotatable bonds is 4. The van der Waals surface area contributed by atoms with Crippen molar-refractivity contribution in [1.29, 1.82) is 0 Å². The summed E-state index contributed by atoms with van der Waals surface area (Å²) in [5, 5.41) is 4.10. The number of piperidine rings is 1. The van der Waals surface area contributed by atoms with Crippen molar-refractivity contribution in [3.8, 4) is 0 Å². The molecule has 0 amide bonds. The van der Waals surface area contributed by atoms with Gasteiger partial charge in [0.15, 0.2) is 0 Å². The van der Waals surface area contributed by atoms with Crippen LogP contribution in [0.25, 0.3) is 0 Å². The highest BCUT2D eigenvalue weighted by Crippen LogP contribution is 2.25. The number of hydrogen-bond acceptors (Lipinski definition) is 5. The fourth-order valence-electron chi connectivity index (χ4n) is 3.60. The van der Waals surface area contributed by atoms with Gasteiger partial charge in [0.25, 0.3) is 0 Å². The molecule has 1 unspecified atom stereocenters. The SMILES string of the molecule is Cc1cc(CN2CCC(C(C)N3CCOCC3)CC2)no1. The summed E-state index contributed by atoms with van der Waals surface area (Å²) >= 11 is 0. The molecule has 0 saturated carbocycles. The quantitative estimate of drug-likeness (QED) is 0.848. The summed E-state index contributed by atoms with van der Waals surface area (Å²) in [7, 11) is 0. The van der Waals surface area contributed by atoms with E-state index in [9.17, 15) is 0 Å². The lowest BCUT2D eigenvalue weighted by atomic mass is 9.89. The Morgan fingerprint density at radius 1 is 1.24 bits per heavy atom. The summed E-state index contributed by atoms with van der Waals surface area (Å²) in [6.07, 6.45) is 2.57. The van der Waals surface area contributed by atoms with Gasteiger partial charge in [-0.1, -0.05) is 5.16 Å². The molecule has 0 aromatic carbocycles. The van der Waals surface area contributed by atoms with Crippen LogP contribution in [0.3, 0.4) is 0 Å². The average Bonchev–Trinajstić information content (AvgIpc) is 2.93. The first-order valence-corrected chi connectivity index (χ1v) is 8.19. The van der Waals surface area contributed by atoms with E-state index in [0.29, 0.717) is 6.04 Å². The maximum atomic E-state index is 5.46. The molecule has 0 N–H and O–H groups in total. The molecule has 3 heterocycles. The van der Waals surface area contributed by atoms with E-state index in [-0.39, 0.29) is 0 Å². The standard InChI is InChI=1S/C16H27N3O2/c1-13-11-16(17-21-13)12-18-5-3-15(4-6-18)14(2)19-7-9-20-10-8-19/h11,14-15H,3-10,12H2,1-2H3. The van der Waals surface area contributed by atoms with E-state index in [1.54, 1.807) is 0 Å². The van der Waals surface area contributed by atoms with Gasteiger partial charge in [-0.3, -0.25) is 9.80 Å². The van der Waals surface area contributed by atoms with Crippen LogP contribution in [0, 0.1) is 12.8 Å². The van der Waals surface area contributed by atoms with E-state index in [4.69, 9.17) is 9.26 Å². The first kappa shape index (κ1) is 15.0. The number of aromatic nitrogens is 1. The summed E-state index contributed by atoms with van der Waals surface area (Å²) < 4.78 is 10.6. The maximum Gasteiger partial charge on any atom is 0.133 e. The minimum absolute atomic E-state index is 0.686. The second-order valence-electron chi connectivity index (χ2n) is 6.43. The fraction of sp³-hybridized carbons (Fsp3) is 0.812. The molecule has 3 rings (SSSR count). The number of likely N-dealkylation sites (tertiary alicyclic amines) is 1. The third kappa shape index (κ3) is 3.84. The molecule has 2 fully saturated rings. The lowest BCUT2D eigenvalue weighted by molar-refractivity contribution is -0.00201. The van der Waals surface area contributed by atoms with Crippen molar-refractivity contribution in [2.45, 2.75) is 39.3 Å². The molecule has 21 heavy (non-hydrogen) atoms. The molecule has 0 radical (unpaired) electrons. The Hall–Kier alpha value is -0.910. The van der Waals surface area contributed by atoms with Crippen molar-refractivity contribution in [3.63, 3.8) is 0 Å². The monoisotopic (exact) mass is 293 g/mol. The van der Waals surface area contributed by atoms with Crippen LogP contribution in [0.4, 0.5) is 0 Å². The van der Waals surface area contributed by atoms with Gasteiger partial charge in [0.2, 0.25) is 0 Å². The largest absolute Gasteiger partial charge is 0.379 e. The van der Waals surface area contributed by atoms with Gasteiger partial charge in [-0.15, -0.1) is 0 Å². The van der Waals surface area contributed by atoms with Crippen LogP contribution in [-0.2, 0) is 11.3 Å². The second kappa shape index (κ2) is 6.90. The van der Waals surface area contributed by atoms with Crippen LogP contribution in [0.5, 0.6) is 0 Å². The topological polar surface area (TPSA) is 41.7 Å². The van der Waals surface area contributed by atoms with Crippen molar-refractivity contribution < 1.29 is 9.26 Å². The first-order chi connectivity index (χ1) is 10.2. The zero-order valence-corrected chi connectivity index (χ0v) is 13.3. The molecule has 1 aromatic rings. The lowest BCUT2D eigenvalue weighted by Gasteiger charge is -2.40. The summed E-state index contributed by atoms with van der Waals surface area (Å²) in [6.45, 7) is 11.6. The molecule has 0 spiro atoms. The van der Waals surface area contributed by atoms with E-state index in [1.165, 1.54) is 25.9 Å². The van der Waals surface area contributed by atoms with E-state index < -0.39 is 0 Å². The highest BCUT2D eigenvalue weighted by molar-refractivity contribution is 5.03. The van der Waals surface area contributed by atoms with Crippen LogP contribution >= 0.6 is 0 Å². The molecule has 0 aliphatic carbocycles. The Morgan fingerprint density at radius 3 is 2.57 bits per heavy atom. The number of aryl methyl sites for hydroxylation is 1. The van der Waals surface area contributed by atoms with Crippen LogP contribution in [0.1, 0.15) is 31.2 Å². The van der Waals surface area contributed by atoms with E-state index in [2.05, 4.69) is 21.9 Å². The smallest absolute Gasteiger partial charge is 0.133 e. The molecule has 0 bridgehead atoms. The minimum Gasteiger partial charge on any atom is -0.379 e. The fourth-order valence-corrected chi connectivity index (χ4v) is 3.60. The van der Waals surface area contributed by atoms with Gasteiger partial charge in [-0.2, -0.15) is 0 Å². The molecule has 118 valence electrons. The minimum atomic E-state index is 0.686. The van der Waals surface area contributed by atoms with Crippen molar-refractivity contribution in [2.24, 2.45) is 5.92 Å². The molecular formula is C16H27N3O2. The normalized spacial score (nSPS) is 24.3. The van der Waals surface area contributed by atoms with Gasteiger partial charge in [0.05, 0.1) is 18.9 Å². The van der Waals surface area contributed by atoms with E-state index in [0.717, 1.165) is 50.2 Å². The zero-order valence-electron chi connectivity index (χ0n) is 13.3. The van der Waals surface area contributed by atoms with Crippen molar-refractivity contribution in [2.75, 3.05) is 39.4 Å². The van der Waals surface area contributed by atoms with Gasteiger partial charge in [0.1, 0.15) is 5.76 Å². The van der Waals surface area contributed by atoms with Crippen molar-refractivity contribution in [3.05, 3.63) is 17.5 Å². The molecular weight excluding hydrogens is 266 g/mol. The van der Waals surface area contributed by atoms with Crippen molar-refractivity contribution >= 4 is 0 Å². The predicted octanol–water partition coefficient (Wildman–Crippen LogP) is 1.92. The summed E-state index contributed by atoms with van der Waals surface area (Å²) in [4.78, 5) is 5.10. The molecule has 2 aliphatic heterocycles. The highest BCUT2D eigenvalue weighted by atomic mass is 16.5. The van der Waals surface area contributed by atoms with Gasteiger partial charge in [-0.25, -0.2) is 0 Å². The number of hydrogen-bond donors (Lipinski definition) is 0. The Bertz CT molecular complexity index is 434. The first-order valence-electron chi connectivity index (χ1n) is 8.19. The molecule has 5 heteroatoms. The van der Waals surface area contributed by atoms with Gasteiger partial charge in [0, 0.05) is 31.7 Å². The van der Waals surface area contributed by atoms with Crippen molar-refractivity contribution in [1.82, 2.24) is 15.0 Å². The summed E-state index contributed by atoms with van der Waals surface area (Å²) in [5.41, 5.74) is 1.06. The molecule has 5 nitrogen and oxygen atoms in total. The van der Waals surface area contributed by atoms with Crippen LogP contribution in [0.15, 0.2) is 10.6 Å². The van der Waals surface area contributed by atoms with Gasteiger partial charge in [-0.05, 0) is 45.7 Å². The molecule has 2 aliphatic rings. The van der Waals surface area contributed by atoms with Crippen LogP contribution in [-0.4, -0.2) is 60.4 Å². The lowest BCUT2D eigenvalue weighted by Crippen LogP contribution is -2.48. The highest BCUT2D eigenvalue weighted by Gasteiger charge is 2.28. The Morgan fingerprint density at radius 2 is 1.95 bits per heavy atom. The van der Waals surface area contributed by atoms with Crippen LogP contribution < -0.4 is 0 Å². The maximum absolute atomic E-state index is 5.46. The Labute approximate surface area is 127 Å². The molecule has 1 atom stereocenters. The average molecular weight is 293 g/mol. The number of morpholine rings is 1. The Kier molecular flexibility index (Phi) is 4.93. The second-order valence-corrected chi connectivity index (χ2v) is 6.43. The number of nitrogens with zero attached hydrogens (tertiary/aromatic N) is 3. The van der Waals surface area contributed by atoms with E-state index in [1.807, 2.05) is 13.0 Å². The predicted molar refractivity (Wildman–Crippen MR) is 81.1 cm³/mol. The zero-order chi connectivity index (χ0) is 14.7. The summed E-state index contributed by atoms with van der Waals surface area (Å²) in [6, 6.07) is 2.73.